The fourth-order valence-electron chi connectivity index (χ4n) is 3.81. The summed E-state index contributed by atoms with van der Waals surface area (Å²) in [7, 11) is 0. The predicted octanol–water partition coefficient (Wildman–Crippen LogP) is 2.56. The van der Waals surface area contributed by atoms with Crippen molar-refractivity contribution in [2.75, 3.05) is 19.6 Å². The molecular weight excluding hydrogens is 224 g/mol. The molecule has 0 aromatic heterocycles. The second kappa shape index (κ2) is 6.05. The molecule has 0 aromatic carbocycles. The Labute approximate surface area is 111 Å². The summed E-state index contributed by atoms with van der Waals surface area (Å²) in [5, 5.41) is 3.40. The Kier molecular flexibility index (Phi) is 4.66. The van der Waals surface area contributed by atoms with Gasteiger partial charge in [-0.3, -0.25) is 4.79 Å². The van der Waals surface area contributed by atoms with Crippen molar-refractivity contribution in [3.05, 3.63) is 0 Å². The van der Waals surface area contributed by atoms with E-state index in [1.54, 1.807) is 0 Å². The minimum Gasteiger partial charge on any atom is -0.339 e. The van der Waals surface area contributed by atoms with Gasteiger partial charge in [-0.25, -0.2) is 0 Å². The smallest absolute Gasteiger partial charge is 0.230 e. The number of rotatable bonds is 5. The molecule has 3 nitrogen and oxygen atoms in total. The van der Waals surface area contributed by atoms with Crippen molar-refractivity contribution in [2.45, 2.75) is 64.8 Å². The Morgan fingerprint density at radius 3 is 2.56 bits per heavy atom. The maximum atomic E-state index is 13.0. The number of hydrogen-bond donors (Lipinski definition) is 1. The number of hydrogen-bond acceptors (Lipinski definition) is 2. The lowest BCUT2D eigenvalue weighted by Crippen LogP contribution is -2.49. The lowest BCUT2D eigenvalue weighted by atomic mass is 9.80. The Bertz CT molecular complexity index is 278. The summed E-state index contributed by atoms with van der Waals surface area (Å²) in [6.07, 6.45) is 8.21. The molecule has 0 bridgehead atoms. The van der Waals surface area contributed by atoms with Gasteiger partial charge in [-0.2, -0.15) is 0 Å². The zero-order chi connectivity index (χ0) is 13.0. The van der Waals surface area contributed by atoms with Crippen molar-refractivity contribution >= 4 is 5.91 Å². The Morgan fingerprint density at radius 2 is 2.06 bits per heavy atom. The summed E-state index contributed by atoms with van der Waals surface area (Å²) in [6.45, 7) is 7.11. The van der Waals surface area contributed by atoms with E-state index in [2.05, 4.69) is 24.1 Å². The molecule has 1 unspecified atom stereocenters. The maximum absolute atomic E-state index is 13.0. The van der Waals surface area contributed by atoms with Gasteiger partial charge < -0.3 is 10.2 Å². The average molecular weight is 252 g/mol. The second-order valence-corrected chi connectivity index (χ2v) is 5.99. The molecule has 1 atom stereocenters. The van der Waals surface area contributed by atoms with Crippen molar-refractivity contribution in [3.8, 4) is 0 Å². The van der Waals surface area contributed by atoms with Crippen molar-refractivity contribution in [3.63, 3.8) is 0 Å². The molecule has 1 saturated heterocycles. The van der Waals surface area contributed by atoms with Gasteiger partial charge in [-0.05, 0) is 39.2 Å². The Balaban J connectivity index is 2.10. The average Bonchev–Trinajstić information content (AvgIpc) is 3.02. The molecule has 2 rings (SSSR count). The largest absolute Gasteiger partial charge is 0.339 e. The van der Waals surface area contributed by atoms with E-state index in [1.165, 1.54) is 25.7 Å². The molecule has 2 aliphatic rings. The third-order valence-corrected chi connectivity index (χ3v) is 4.79. The van der Waals surface area contributed by atoms with Gasteiger partial charge in [0.05, 0.1) is 5.41 Å². The zero-order valence-electron chi connectivity index (χ0n) is 12.0. The lowest BCUT2D eigenvalue weighted by Gasteiger charge is -2.36. The van der Waals surface area contributed by atoms with Gasteiger partial charge in [-0.1, -0.05) is 26.2 Å². The fraction of sp³-hybridized carbons (Fsp3) is 0.933. The van der Waals surface area contributed by atoms with E-state index in [-0.39, 0.29) is 5.41 Å². The summed E-state index contributed by atoms with van der Waals surface area (Å²) in [6, 6.07) is 0.525. The number of amides is 1. The van der Waals surface area contributed by atoms with Crippen LogP contribution in [0.5, 0.6) is 0 Å². The summed E-state index contributed by atoms with van der Waals surface area (Å²) < 4.78 is 0. The number of carbonyl (C=O) groups is 1. The van der Waals surface area contributed by atoms with Crippen LogP contribution in [0.4, 0.5) is 0 Å². The van der Waals surface area contributed by atoms with Crippen LogP contribution in [0, 0.1) is 5.41 Å². The quantitative estimate of drug-likeness (QED) is 0.815. The predicted molar refractivity (Wildman–Crippen MR) is 74.5 cm³/mol. The molecule has 0 aromatic rings. The molecule has 1 amide bonds. The van der Waals surface area contributed by atoms with Gasteiger partial charge in [0.2, 0.25) is 5.91 Å². The summed E-state index contributed by atoms with van der Waals surface area (Å²) in [5.41, 5.74) is -0.0899. The Hall–Kier alpha value is -0.570. The van der Waals surface area contributed by atoms with E-state index in [4.69, 9.17) is 0 Å². The highest BCUT2D eigenvalue weighted by molar-refractivity contribution is 5.83. The molecule has 0 radical (unpaired) electrons. The van der Waals surface area contributed by atoms with Gasteiger partial charge in [-0.15, -0.1) is 0 Å². The standard InChI is InChI=1S/C15H28N2O/c1-3-9-15(10-11-16-12-15)14(18)17(4-2)13-7-5-6-8-13/h13,16H,3-12H2,1-2H3. The van der Waals surface area contributed by atoms with Crippen LogP contribution in [0.3, 0.4) is 0 Å². The monoisotopic (exact) mass is 252 g/mol. The number of nitrogens with one attached hydrogen (secondary N) is 1. The highest BCUT2D eigenvalue weighted by atomic mass is 16.2. The van der Waals surface area contributed by atoms with Gasteiger partial charge in [0.25, 0.3) is 0 Å². The third-order valence-electron chi connectivity index (χ3n) is 4.79. The maximum Gasteiger partial charge on any atom is 0.230 e. The van der Waals surface area contributed by atoms with Gasteiger partial charge >= 0.3 is 0 Å². The topological polar surface area (TPSA) is 32.3 Å². The van der Waals surface area contributed by atoms with Crippen LogP contribution in [0.2, 0.25) is 0 Å². The van der Waals surface area contributed by atoms with Crippen molar-refractivity contribution in [1.29, 1.82) is 0 Å². The molecule has 18 heavy (non-hydrogen) atoms. The van der Waals surface area contributed by atoms with Gasteiger partial charge in [0.15, 0.2) is 0 Å². The van der Waals surface area contributed by atoms with Crippen molar-refractivity contribution < 1.29 is 4.79 Å². The highest BCUT2D eigenvalue weighted by Crippen LogP contribution is 2.35. The van der Waals surface area contributed by atoms with Crippen LogP contribution in [-0.2, 0) is 4.79 Å². The van der Waals surface area contributed by atoms with E-state index < -0.39 is 0 Å². The van der Waals surface area contributed by atoms with Gasteiger partial charge in [0, 0.05) is 19.1 Å². The molecular formula is C15H28N2O. The van der Waals surface area contributed by atoms with Crippen LogP contribution in [0.15, 0.2) is 0 Å². The van der Waals surface area contributed by atoms with Crippen LogP contribution >= 0.6 is 0 Å². The Morgan fingerprint density at radius 1 is 1.33 bits per heavy atom. The molecule has 1 heterocycles. The molecule has 1 aliphatic carbocycles. The molecule has 3 heteroatoms. The SMILES string of the molecule is CCCC1(C(=O)N(CC)C2CCCC2)CCNC1. The second-order valence-electron chi connectivity index (χ2n) is 5.99. The van der Waals surface area contributed by atoms with Crippen molar-refractivity contribution in [1.82, 2.24) is 10.2 Å². The normalized spacial score (nSPS) is 28.8. The molecule has 1 N–H and O–H groups in total. The third kappa shape index (κ3) is 2.56. The van der Waals surface area contributed by atoms with Crippen LogP contribution in [-0.4, -0.2) is 36.5 Å². The molecule has 1 aliphatic heterocycles. The van der Waals surface area contributed by atoms with E-state index in [9.17, 15) is 4.79 Å². The first-order valence-corrected chi connectivity index (χ1v) is 7.75. The van der Waals surface area contributed by atoms with Gasteiger partial charge in [0.1, 0.15) is 0 Å². The first-order chi connectivity index (χ1) is 8.73. The molecule has 0 spiro atoms. The highest BCUT2D eigenvalue weighted by Gasteiger charge is 2.44. The number of nitrogens with zero attached hydrogens (tertiary/aromatic N) is 1. The van der Waals surface area contributed by atoms with Crippen molar-refractivity contribution in [2.24, 2.45) is 5.41 Å². The van der Waals surface area contributed by atoms with Crippen LogP contribution in [0.1, 0.15) is 58.8 Å². The lowest BCUT2D eigenvalue weighted by molar-refractivity contribution is -0.143. The zero-order valence-corrected chi connectivity index (χ0v) is 12.0. The van der Waals surface area contributed by atoms with E-state index in [1.807, 2.05) is 0 Å². The molecule has 1 saturated carbocycles. The summed E-state index contributed by atoms with van der Waals surface area (Å²) in [5.74, 6) is 0.434. The fourth-order valence-corrected chi connectivity index (χ4v) is 3.81. The summed E-state index contributed by atoms with van der Waals surface area (Å²) >= 11 is 0. The first-order valence-electron chi connectivity index (χ1n) is 7.75. The number of carbonyl (C=O) groups excluding carboxylic acids is 1. The minimum absolute atomic E-state index is 0.0899. The molecule has 2 fully saturated rings. The summed E-state index contributed by atoms with van der Waals surface area (Å²) in [4.78, 5) is 15.2. The minimum atomic E-state index is -0.0899. The van der Waals surface area contributed by atoms with E-state index in [0.29, 0.717) is 11.9 Å². The van der Waals surface area contributed by atoms with E-state index >= 15 is 0 Å². The van der Waals surface area contributed by atoms with Crippen LogP contribution in [0.25, 0.3) is 0 Å². The van der Waals surface area contributed by atoms with Crippen LogP contribution < -0.4 is 5.32 Å². The molecule has 104 valence electrons. The first kappa shape index (κ1) is 13.9. The van der Waals surface area contributed by atoms with E-state index in [0.717, 1.165) is 38.9 Å².